The van der Waals surface area contributed by atoms with Gasteiger partial charge in [-0.25, -0.2) is 0 Å². The molecule has 1 atom stereocenters. The van der Waals surface area contributed by atoms with Gasteiger partial charge in [0.15, 0.2) is 0 Å². The third kappa shape index (κ3) is 2.52. The molecule has 0 radical (unpaired) electrons. The van der Waals surface area contributed by atoms with Crippen molar-refractivity contribution in [2.45, 2.75) is 19.0 Å². The van der Waals surface area contributed by atoms with E-state index in [9.17, 15) is 14.4 Å². The number of pyridine rings is 1. The van der Waals surface area contributed by atoms with Gasteiger partial charge in [0.25, 0.3) is 0 Å². The SMILES string of the molecule is O=CN[C@H]1CCN(Cc2cccc3[nH]c(=O)ccc23)C1=O. The molecule has 21 heavy (non-hydrogen) atoms. The summed E-state index contributed by atoms with van der Waals surface area (Å²) in [6.07, 6.45) is 1.19. The zero-order valence-electron chi connectivity index (χ0n) is 11.3. The van der Waals surface area contributed by atoms with Crippen LogP contribution in [-0.2, 0) is 16.1 Å². The molecule has 0 saturated carbocycles. The van der Waals surface area contributed by atoms with Crippen molar-refractivity contribution in [2.75, 3.05) is 6.54 Å². The fourth-order valence-corrected chi connectivity index (χ4v) is 2.73. The van der Waals surface area contributed by atoms with Crippen LogP contribution in [0.15, 0.2) is 35.1 Å². The lowest BCUT2D eigenvalue weighted by molar-refractivity contribution is -0.131. The first-order valence-corrected chi connectivity index (χ1v) is 6.78. The van der Waals surface area contributed by atoms with Gasteiger partial charge in [-0.2, -0.15) is 0 Å². The van der Waals surface area contributed by atoms with E-state index < -0.39 is 6.04 Å². The highest BCUT2D eigenvalue weighted by molar-refractivity contribution is 5.87. The van der Waals surface area contributed by atoms with Crippen LogP contribution in [0.5, 0.6) is 0 Å². The number of hydrogen-bond acceptors (Lipinski definition) is 3. The molecular weight excluding hydrogens is 270 g/mol. The first-order chi connectivity index (χ1) is 10.2. The smallest absolute Gasteiger partial charge is 0.248 e. The Balaban J connectivity index is 1.87. The quantitative estimate of drug-likeness (QED) is 0.796. The lowest BCUT2D eigenvalue weighted by atomic mass is 10.1. The highest BCUT2D eigenvalue weighted by Crippen LogP contribution is 2.20. The van der Waals surface area contributed by atoms with Gasteiger partial charge in [0, 0.05) is 30.1 Å². The number of carbonyl (C=O) groups is 2. The molecule has 1 aliphatic heterocycles. The molecule has 1 aromatic heterocycles. The van der Waals surface area contributed by atoms with E-state index in [2.05, 4.69) is 10.3 Å². The Morgan fingerprint density at radius 1 is 1.29 bits per heavy atom. The Kier molecular flexibility index (Phi) is 3.43. The Labute approximate surface area is 120 Å². The van der Waals surface area contributed by atoms with Crippen LogP contribution in [0, 0.1) is 0 Å². The molecule has 1 aliphatic rings. The van der Waals surface area contributed by atoms with E-state index in [0.29, 0.717) is 25.9 Å². The fourth-order valence-electron chi connectivity index (χ4n) is 2.73. The molecule has 0 aliphatic carbocycles. The molecule has 6 heteroatoms. The van der Waals surface area contributed by atoms with Crippen LogP contribution in [-0.4, -0.2) is 34.8 Å². The van der Waals surface area contributed by atoms with Crippen molar-refractivity contribution in [1.29, 1.82) is 0 Å². The van der Waals surface area contributed by atoms with Gasteiger partial charge in [-0.1, -0.05) is 12.1 Å². The molecule has 1 aromatic carbocycles. The number of H-pyrrole nitrogens is 1. The Bertz CT molecular complexity index is 753. The van der Waals surface area contributed by atoms with Crippen molar-refractivity contribution in [1.82, 2.24) is 15.2 Å². The van der Waals surface area contributed by atoms with E-state index >= 15 is 0 Å². The molecule has 2 heterocycles. The molecule has 2 aromatic rings. The summed E-state index contributed by atoms with van der Waals surface area (Å²) >= 11 is 0. The number of benzene rings is 1. The van der Waals surface area contributed by atoms with Crippen LogP contribution < -0.4 is 10.9 Å². The van der Waals surface area contributed by atoms with Gasteiger partial charge in [0.05, 0.1) is 0 Å². The summed E-state index contributed by atoms with van der Waals surface area (Å²) in [5, 5.41) is 3.46. The number of nitrogens with zero attached hydrogens (tertiary/aromatic N) is 1. The number of aromatic amines is 1. The number of likely N-dealkylation sites (tertiary alicyclic amines) is 1. The number of amides is 2. The zero-order valence-corrected chi connectivity index (χ0v) is 11.3. The average Bonchev–Trinajstić information content (AvgIpc) is 2.81. The predicted molar refractivity (Wildman–Crippen MR) is 77.6 cm³/mol. The van der Waals surface area contributed by atoms with Crippen LogP contribution >= 0.6 is 0 Å². The Morgan fingerprint density at radius 3 is 2.95 bits per heavy atom. The summed E-state index contributed by atoms with van der Waals surface area (Å²) in [6, 6.07) is 8.46. The highest BCUT2D eigenvalue weighted by atomic mass is 16.2. The van der Waals surface area contributed by atoms with E-state index in [1.807, 2.05) is 18.2 Å². The molecule has 0 unspecified atom stereocenters. The van der Waals surface area contributed by atoms with Gasteiger partial charge in [-0.15, -0.1) is 0 Å². The molecular formula is C15H15N3O3. The van der Waals surface area contributed by atoms with Crippen molar-refractivity contribution < 1.29 is 9.59 Å². The molecule has 6 nitrogen and oxygen atoms in total. The second kappa shape index (κ2) is 5.40. The van der Waals surface area contributed by atoms with Gasteiger partial charge in [0.2, 0.25) is 17.9 Å². The number of aromatic nitrogens is 1. The van der Waals surface area contributed by atoms with E-state index in [-0.39, 0.29) is 11.5 Å². The molecule has 0 spiro atoms. The maximum absolute atomic E-state index is 12.1. The first kappa shape index (κ1) is 13.4. The van der Waals surface area contributed by atoms with Crippen LogP contribution in [0.1, 0.15) is 12.0 Å². The lowest BCUT2D eigenvalue weighted by Gasteiger charge is -2.17. The number of fused-ring (bicyclic) bond motifs is 1. The highest BCUT2D eigenvalue weighted by Gasteiger charge is 2.31. The number of nitrogens with one attached hydrogen (secondary N) is 2. The van der Waals surface area contributed by atoms with Crippen molar-refractivity contribution in [3.63, 3.8) is 0 Å². The summed E-state index contributed by atoms with van der Waals surface area (Å²) in [7, 11) is 0. The molecule has 2 N–H and O–H groups in total. The number of rotatable bonds is 4. The molecule has 108 valence electrons. The summed E-state index contributed by atoms with van der Waals surface area (Å²) in [6.45, 7) is 1.09. The minimum absolute atomic E-state index is 0.0662. The van der Waals surface area contributed by atoms with Crippen molar-refractivity contribution in [3.8, 4) is 0 Å². The predicted octanol–water partition coefficient (Wildman–Crippen LogP) is 0.375. The van der Waals surface area contributed by atoms with Crippen LogP contribution in [0.2, 0.25) is 0 Å². The van der Waals surface area contributed by atoms with E-state index in [4.69, 9.17) is 0 Å². The van der Waals surface area contributed by atoms with Crippen molar-refractivity contribution >= 4 is 23.2 Å². The summed E-state index contributed by atoms with van der Waals surface area (Å²) in [5.74, 6) is -0.0662. The minimum Gasteiger partial charge on any atom is -0.347 e. The van der Waals surface area contributed by atoms with Gasteiger partial charge >= 0.3 is 0 Å². The molecule has 1 saturated heterocycles. The average molecular weight is 285 g/mol. The van der Waals surface area contributed by atoms with Gasteiger partial charge < -0.3 is 15.2 Å². The number of hydrogen-bond donors (Lipinski definition) is 2. The van der Waals surface area contributed by atoms with Crippen LogP contribution in [0.25, 0.3) is 10.9 Å². The maximum atomic E-state index is 12.1. The summed E-state index contributed by atoms with van der Waals surface area (Å²) in [5.41, 5.74) is 1.59. The number of carbonyl (C=O) groups excluding carboxylic acids is 2. The molecule has 0 bridgehead atoms. The van der Waals surface area contributed by atoms with Gasteiger partial charge in [-0.05, 0) is 24.1 Å². The lowest BCUT2D eigenvalue weighted by Crippen LogP contribution is -2.37. The molecule has 3 rings (SSSR count). The third-order valence-corrected chi connectivity index (χ3v) is 3.78. The van der Waals surface area contributed by atoms with Crippen molar-refractivity contribution in [2.24, 2.45) is 0 Å². The molecule has 1 fully saturated rings. The summed E-state index contributed by atoms with van der Waals surface area (Å²) < 4.78 is 0. The third-order valence-electron chi connectivity index (χ3n) is 3.78. The first-order valence-electron chi connectivity index (χ1n) is 6.78. The largest absolute Gasteiger partial charge is 0.347 e. The van der Waals surface area contributed by atoms with Crippen molar-refractivity contribution in [3.05, 3.63) is 46.2 Å². The van der Waals surface area contributed by atoms with E-state index in [0.717, 1.165) is 16.5 Å². The van der Waals surface area contributed by atoms with Gasteiger partial charge in [0.1, 0.15) is 6.04 Å². The minimum atomic E-state index is -0.419. The fraction of sp³-hybridized carbons (Fsp3) is 0.267. The van der Waals surface area contributed by atoms with E-state index in [1.165, 1.54) is 6.07 Å². The van der Waals surface area contributed by atoms with E-state index in [1.54, 1.807) is 11.0 Å². The standard InChI is InChI=1S/C15H15N3O3/c19-9-16-13-6-7-18(15(13)21)8-10-2-1-3-12-11(10)4-5-14(20)17-12/h1-5,9,13H,6-8H2,(H,16,19)(H,17,20)/t13-/m0/s1. The van der Waals surface area contributed by atoms with Crippen LogP contribution in [0.3, 0.4) is 0 Å². The molecule has 2 amide bonds. The topological polar surface area (TPSA) is 82.3 Å². The Morgan fingerprint density at radius 2 is 2.14 bits per heavy atom. The zero-order chi connectivity index (χ0) is 14.8. The maximum Gasteiger partial charge on any atom is 0.248 e. The second-order valence-electron chi connectivity index (χ2n) is 5.09. The second-order valence-corrected chi connectivity index (χ2v) is 5.09. The van der Waals surface area contributed by atoms with Gasteiger partial charge in [-0.3, -0.25) is 14.4 Å². The normalized spacial score (nSPS) is 18.2. The summed E-state index contributed by atoms with van der Waals surface area (Å²) in [4.78, 5) is 38.4. The Hall–Kier alpha value is -2.63. The monoisotopic (exact) mass is 285 g/mol. The van der Waals surface area contributed by atoms with Crippen LogP contribution in [0.4, 0.5) is 0 Å².